The van der Waals surface area contributed by atoms with Crippen LogP contribution in [0.25, 0.3) is 0 Å². The molecule has 1 atom stereocenters. The highest BCUT2D eigenvalue weighted by Gasteiger charge is 2.28. The SMILES string of the molecule is CCCS(=O)(=O)c1ccccc1N1CCCC1CCCCl. The molecule has 21 heavy (non-hydrogen) atoms. The van der Waals surface area contributed by atoms with Gasteiger partial charge in [-0.2, -0.15) is 0 Å². The van der Waals surface area contributed by atoms with Crippen LogP contribution in [0.5, 0.6) is 0 Å². The number of para-hydroxylation sites is 1. The quantitative estimate of drug-likeness (QED) is 0.713. The lowest BCUT2D eigenvalue weighted by Crippen LogP contribution is -2.30. The highest BCUT2D eigenvalue weighted by molar-refractivity contribution is 7.91. The average Bonchev–Trinajstić information content (AvgIpc) is 2.93. The van der Waals surface area contributed by atoms with Gasteiger partial charge in [-0.05, 0) is 44.2 Å². The molecule has 1 aromatic carbocycles. The molecule has 0 bridgehead atoms. The van der Waals surface area contributed by atoms with Crippen molar-refractivity contribution in [1.82, 2.24) is 0 Å². The first-order chi connectivity index (χ1) is 10.1. The Bertz CT molecular complexity index is 559. The van der Waals surface area contributed by atoms with Crippen LogP contribution in [-0.4, -0.2) is 32.6 Å². The maximum absolute atomic E-state index is 12.5. The van der Waals surface area contributed by atoms with E-state index in [1.807, 2.05) is 25.1 Å². The Hall–Kier alpha value is -0.740. The summed E-state index contributed by atoms with van der Waals surface area (Å²) in [7, 11) is -3.19. The molecule has 0 N–H and O–H groups in total. The maximum Gasteiger partial charge on any atom is 0.180 e. The third-order valence-corrected chi connectivity index (χ3v) is 6.26. The average molecular weight is 330 g/mol. The first kappa shape index (κ1) is 16.6. The second kappa shape index (κ2) is 7.50. The molecule has 0 aliphatic carbocycles. The number of anilines is 1. The maximum atomic E-state index is 12.5. The van der Waals surface area contributed by atoms with Gasteiger partial charge >= 0.3 is 0 Å². The minimum atomic E-state index is -3.19. The van der Waals surface area contributed by atoms with Gasteiger partial charge in [0, 0.05) is 18.5 Å². The number of nitrogens with zero attached hydrogens (tertiary/aromatic N) is 1. The fourth-order valence-electron chi connectivity index (χ4n) is 3.10. The summed E-state index contributed by atoms with van der Waals surface area (Å²) in [6.45, 7) is 2.84. The summed E-state index contributed by atoms with van der Waals surface area (Å²) in [5.41, 5.74) is 0.878. The number of rotatable bonds is 7. The zero-order valence-corrected chi connectivity index (χ0v) is 14.2. The minimum absolute atomic E-state index is 0.212. The number of halogens is 1. The van der Waals surface area contributed by atoms with Gasteiger partial charge in [-0.25, -0.2) is 8.42 Å². The first-order valence-corrected chi connectivity index (χ1v) is 9.93. The minimum Gasteiger partial charge on any atom is -0.367 e. The van der Waals surface area contributed by atoms with Gasteiger partial charge in [0.1, 0.15) is 0 Å². The van der Waals surface area contributed by atoms with E-state index in [4.69, 9.17) is 11.6 Å². The van der Waals surface area contributed by atoms with Gasteiger partial charge in [-0.3, -0.25) is 0 Å². The molecule has 1 unspecified atom stereocenters. The van der Waals surface area contributed by atoms with E-state index in [1.165, 1.54) is 0 Å². The molecule has 1 aromatic rings. The molecule has 1 fully saturated rings. The Labute approximate surface area is 133 Å². The monoisotopic (exact) mass is 329 g/mol. The largest absolute Gasteiger partial charge is 0.367 e. The van der Waals surface area contributed by atoms with E-state index in [0.717, 1.165) is 37.9 Å². The third kappa shape index (κ3) is 3.92. The molecule has 5 heteroatoms. The van der Waals surface area contributed by atoms with Crippen molar-refractivity contribution in [2.45, 2.75) is 50.0 Å². The summed E-state index contributed by atoms with van der Waals surface area (Å²) in [6.07, 6.45) is 4.90. The molecule has 0 spiro atoms. The number of hydrogen-bond donors (Lipinski definition) is 0. The zero-order chi connectivity index (χ0) is 15.3. The number of benzene rings is 1. The van der Waals surface area contributed by atoms with Gasteiger partial charge in [0.25, 0.3) is 0 Å². The molecule has 118 valence electrons. The normalized spacial score (nSPS) is 19.1. The van der Waals surface area contributed by atoms with Gasteiger partial charge in [0.2, 0.25) is 0 Å². The van der Waals surface area contributed by atoms with E-state index in [-0.39, 0.29) is 5.75 Å². The molecule has 0 aromatic heterocycles. The van der Waals surface area contributed by atoms with Crippen molar-refractivity contribution in [2.75, 3.05) is 23.1 Å². The van der Waals surface area contributed by atoms with Gasteiger partial charge in [0.05, 0.1) is 16.3 Å². The molecule has 1 aliphatic heterocycles. The van der Waals surface area contributed by atoms with Crippen molar-refractivity contribution >= 4 is 27.1 Å². The summed E-state index contributed by atoms with van der Waals surface area (Å²) in [4.78, 5) is 2.76. The Morgan fingerprint density at radius 1 is 1.33 bits per heavy atom. The molecule has 1 aliphatic rings. The Kier molecular flexibility index (Phi) is 5.94. The van der Waals surface area contributed by atoms with Crippen molar-refractivity contribution in [3.63, 3.8) is 0 Å². The van der Waals surface area contributed by atoms with Crippen LogP contribution in [-0.2, 0) is 9.84 Å². The molecule has 2 rings (SSSR count). The predicted octanol–water partition coefficient (Wildman–Crippen LogP) is 3.86. The van der Waals surface area contributed by atoms with Crippen LogP contribution in [0.2, 0.25) is 0 Å². The van der Waals surface area contributed by atoms with E-state index in [9.17, 15) is 8.42 Å². The predicted molar refractivity (Wildman–Crippen MR) is 89.1 cm³/mol. The lowest BCUT2D eigenvalue weighted by molar-refractivity contribution is 0.587. The number of sulfone groups is 1. The van der Waals surface area contributed by atoms with Crippen molar-refractivity contribution in [1.29, 1.82) is 0 Å². The van der Waals surface area contributed by atoms with Gasteiger partial charge < -0.3 is 4.90 Å². The number of alkyl halides is 1. The van der Waals surface area contributed by atoms with E-state index in [0.29, 0.717) is 23.2 Å². The van der Waals surface area contributed by atoms with Crippen LogP contribution in [0.1, 0.15) is 39.0 Å². The van der Waals surface area contributed by atoms with Crippen molar-refractivity contribution in [3.8, 4) is 0 Å². The second-order valence-corrected chi connectivity index (χ2v) is 8.06. The topological polar surface area (TPSA) is 37.4 Å². The van der Waals surface area contributed by atoms with E-state index in [1.54, 1.807) is 6.07 Å². The zero-order valence-electron chi connectivity index (χ0n) is 12.6. The fraction of sp³-hybridized carbons (Fsp3) is 0.625. The summed E-state index contributed by atoms with van der Waals surface area (Å²) in [6, 6.07) is 7.85. The lowest BCUT2D eigenvalue weighted by atomic mass is 10.1. The van der Waals surface area contributed by atoms with Crippen LogP contribution in [0, 0.1) is 0 Å². The van der Waals surface area contributed by atoms with E-state index >= 15 is 0 Å². The first-order valence-electron chi connectivity index (χ1n) is 7.74. The van der Waals surface area contributed by atoms with Crippen LogP contribution >= 0.6 is 11.6 Å². The van der Waals surface area contributed by atoms with Crippen LogP contribution in [0.3, 0.4) is 0 Å². The molecule has 0 saturated carbocycles. The van der Waals surface area contributed by atoms with Gasteiger partial charge in [0.15, 0.2) is 9.84 Å². The molecular formula is C16H24ClNO2S. The summed E-state index contributed by atoms with van der Waals surface area (Å²) >= 11 is 5.80. The van der Waals surface area contributed by atoms with Gasteiger partial charge in [-0.15, -0.1) is 11.6 Å². The Morgan fingerprint density at radius 2 is 2.10 bits per heavy atom. The van der Waals surface area contributed by atoms with Crippen molar-refractivity contribution in [2.24, 2.45) is 0 Å². The molecule has 1 saturated heterocycles. The van der Waals surface area contributed by atoms with E-state index in [2.05, 4.69) is 4.90 Å². The summed E-state index contributed by atoms with van der Waals surface area (Å²) in [5, 5.41) is 0. The van der Waals surface area contributed by atoms with Crippen LogP contribution in [0.4, 0.5) is 5.69 Å². The van der Waals surface area contributed by atoms with Gasteiger partial charge in [-0.1, -0.05) is 19.1 Å². The van der Waals surface area contributed by atoms with E-state index < -0.39 is 9.84 Å². The van der Waals surface area contributed by atoms with Crippen LogP contribution in [0.15, 0.2) is 29.2 Å². The molecule has 0 radical (unpaired) electrons. The molecule has 3 nitrogen and oxygen atoms in total. The van der Waals surface area contributed by atoms with Crippen LogP contribution < -0.4 is 4.90 Å². The standard InChI is InChI=1S/C16H24ClNO2S/c1-2-13-21(19,20)16-10-4-3-9-15(16)18-12-6-8-14(18)7-5-11-17/h3-4,9-10,14H,2,5-8,11-13H2,1H3. The second-order valence-electron chi connectivity index (χ2n) is 5.61. The van der Waals surface area contributed by atoms with Crippen molar-refractivity contribution < 1.29 is 8.42 Å². The third-order valence-electron chi connectivity index (χ3n) is 4.03. The Balaban J connectivity index is 2.31. The molecule has 1 heterocycles. The Morgan fingerprint density at radius 3 is 2.81 bits per heavy atom. The van der Waals surface area contributed by atoms with Crippen molar-refractivity contribution in [3.05, 3.63) is 24.3 Å². The summed E-state index contributed by atoms with van der Waals surface area (Å²) in [5.74, 6) is 0.879. The fourth-order valence-corrected chi connectivity index (χ4v) is 4.80. The summed E-state index contributed by atoms with van der Waals surface area (Å²) < 4.78 is 25.0. The smallest absolute Gasteiger partial charge is 0.180 e. The highest BCUT2D eigenvalue weighted by Crippen LogP contribution is 2.33. The lowest BCUT2D eigenvalue weighted by Gasteiger charge is -2.28. The number of hydrogen-bond acceptors (Lipinski definition) is 3. The molecule has 0 amide bonds. The molecular weight excluding hydrogens is 306 g/mol. The highest BCUT2D eigenvalue weighted by atomic mass is 35.5.